The van der Waals surface area contributed by atoms with E-state index in [1.165, 1.54) is 11.1 Å². The summed E-state index contributed by atoms with van der Waals surface area (Å²) in [7, 11) is 0. The van der Waals surface area contributed by atoms with Gasteiger partial charge in [0.25, 0.3) is 0 Å². The predicted octanol–water partition coefficient (Wildman–Crippen LogP) is 4.99. The molecule has 0 bridgehead atoms. The molecule has 32 heavy (non-hydrogen) atoms. The maximum Gasteiger partial charge on any atom is 0.223 e. The highest BCUT2D eigenvalue weighted by molar-refractivity contribution is 14.0. The number of fused-ring (bicyclic) bond motifs is 2. The van der Waals surface area contributed by atoms with E-state index in [0.29, 0.717) is 13.0 Å². The highest BCUT2D eigenvalue weighted by atomic mass is 127. The number of benzene rings is 2. The first-order valence-corrected chi connectivity index (χ1v) is 11.0. The minimum Gasteiger partial charge on any atom is -0.459 e. The predicted molar refractivity (Wildman–Crippen MR) is 139 cm³/mol. The van der Waals surface area contributed by atoms with Gasteiger partial charge in [0, 0.05) is 38.0 Å². The van der Waals surface area contributed by atoms with Crippen molar-refractivity contribution < 1.29 is 9.21 Å². The van der Waals surface area contributed by atoms with Gasteiger partial charge in [-0.1, -0.05) is 42.5 Å². The second kappa shape index (κ2) is 11.4. The van der Waals surface area contributed by atoms with Crippen LogP contribution in [0.1, 0.15) is 49.6 Å². The number of halogens is 1. The largest absolute Gasteiger partial charge is 0.459 e. The fraction of sp³-hybridized carbons (Fsp3) is 0.360. The lowest BCUT2D eigenvalue weighted by Gasteiger charge is -2.17. The Morgan fingerprint density at radius 1 is 1.12 bits per heavy atom. The molecule has 6 nitrogen and oxygen atoms in total. The van der Waals surface area contributed by atoms with Crippen molar-refractivity contribution in [1.29, 1.82) is 0 Å². The molecule has 1 aliphatic rings. The quantitative estimate of drug-likeness (QED) is 0.190. The highest BCUT2D eigenvalue weighted by Gasteiger charge is 2.22. The number of para-hydroxylation sites is 1. The van der Waals surface area contributed by atoms with Gasteiger partial charge in [0.2, 0.25) is 5.91 Å². The molecule has 0 radical (unpaired) electrons. The monoisotopic (exact) mass is 546 g/mol. The van der Waals surface area contributed by atoms with Gasteiger partial charge in [-0.05, 0) is 43.5 Å². The number of nitrogens with zero attached hydrogens (tertiary/aromatic N) is 2. The van der Waals surface area contributed by atoms with Crippen molar-refractivity contribution >= 4 is 46.8 Å². The number of nitrogens with one attached hydrogen (secondary N) is 2. The maximum atomic E-state index is 12.6. The van der Waals surface area contributed by atoms with Gasteiger partial charge >= 0.3 is 0 Å². The first-order chi connectivity index (χ1) is 15.1. The van der Waals surface area contributed by atoms with Crippen LogP contribution in [0.3, 0.4) is 0 Å². The number of carbonyl (C=O) groups is 1. The lowest BCUT2D eigenvalue weighted by atomic mass is 10.1. The van der Waals surface area contributed by atoms with Crippen molar-refractivity contribution in [1.82, 2.24) is 15.5 Å². The van der Waals surface area contributed by atoms with Crippen molar-refractivity contribution in [2.45, 2.75) is 45.8 Å². The second-order valence-electron chi connectivity index (χ2n) is 7.94. The molecule has 0 saturated carbocycles. The summed E-state index contributed by atoms with van der Waals surface area (Å²) < 4.78 is 5.95. The van der Waals surface area contributed by atoms with E-state index in [2.05, 4.69) is 40.7 Å². The molecular weight excluding hydrogens is 515 g/mol. The zero-order valence-corrected chi connectivity index (χ0v) is 21.0. The minimum absolute atomic E-state index is 0. The van der Waals surface area contributed by atoms with Gasteiger partial charge in [-0.15, -0.1) is 24.0 Å². The van der Waals surface area contributed by atoms with Gasteiger partial charge in [-0.2, -0.15) is 0 Å². The van der Waals surface area contributed by atoms with Crippen LogP contribution in [0.25, 0.3) is 11.0 Å². The minimum atomic E-state index is -0.0186. The summed E-state index contributed by atoms with van der Waals surface area (Å²) >= 11 is 0. The van der Waals surface area contributed by atoms with Crippen molar-refractivity contribution in [2.75, 3.05) is 13.1 Å². The molecule has 170 valence electrons. The summed E-state index contributed by atoms with van der Waals surface area (Å²) in [5, 5.41) is 7.77. The zero-order valence-electron chi connectivity index (χ0n) is 18.6. The van der Waals surface area contributed by atoms with E-state index in [-0.39, 0.29) is 35.9 Å². The molecule has 0 spiro atoms. The van der Waals surface area contributed by atoms with Crippen LogP contribution in [0.5, 0.6) is 0 Å². The molecule has 1 unspecified atom stereocenters. The number of guanidine groups is 1. The third-order valence-electron chi connectivity index (χ3n) is 5.58. The summed E-state index contributed by atoms with van der Waals surface area (Å²) in [6.07, 6.45) is 1.23. The molecule has 2 N–H and O–H groups in total. The lowest BCUT2D eigenvalue weighted by molar-refractivity contribution is -0.131. The molecule has 1 atom stereocenters. The van der Waals surface area contributed by atoms with Gasteiger partial charge in [0.15, 0.2) is 5.96 Å². The van der Waals surface area contributed by atoms with Crippen LogP contribution in [-0.2, 0) is 17.9 Å². The fourth-order valence-corrected chi connectivity index (χ4v) is 3.90. The molecule has 1 aromatic heterocycles. The molecule has 2 aromatic carbocycles. The molecule has 0 fully saturated rings. The number of hydrogen-bond donors (Lipinski definition) is 2. The lowest BCUT2D eigenvalue weighted by Crippen LogP contribution is -2.38. The molecule has 0 saturated heterocycles. The van der Waals surface area contributed by atoms with Crippen LogP contribution in [0.2, 0.25) is 0 Å². The molecular formula is C25H31IN4O2. The first-order valence-electron chi connectivity index (χ1n) is 11.0. The van der Waals surface area contributed by atoms with Crippen LogP contribution >= 0.6 is 24.0 Å². The third-order valence-corrected chi connectivity index (χ3v) is 5.58. The van der Waals surface area contributed by atoms with Crippen molar-refractivity contribution in [2.24, 2.45) is 4.99 Å². The third kappa shape index (κ3) is 5.82. The van der Waals surface area contributed by atoms with E-state index in [4.69, 9.17) is 4.42 Å². The van der Waals surface area contributed by atoms with Crippen molar-refractivity contribution in [3.8, 4) is 0 Å². The standard InChI is InChI=1S/C25H30N4O2.HI/c1-3-26-25(28-18(2)23-15-19-9-6-7-12-22(19)31-23)27-14-8-13-24(30)29-16-20-10-4-5-11-21(20)17-29;/h4-7,9-12,15,18H,3,8,13-14,16-17H2,1-2H3,(H2,26,27,28);1H. The number of hydrogen-bond acceptors (Lipinski definition) is 3. The SMILES string of the molecule is CCNC(=NCCCC(=O)N1Cc2ccccc2C1)NC(C)c1cc2ccccc2o1.I. The molecule has 2 heterocycles. The van der Waals surface area contributed by atoms with Gasteiger partial charge < -0.3 is 20.0 Å². The number of aliphatic imine (C=N–C) groups is 1. The van der Waals surface area contributed by atoms with Crippen LogP contribution < -0.4 is 10.6 Å². The number of rotatable bonds is 7. The van der Waals surface area contributed by atoms with Gasteiger partial charge in [-0.3, -0.25) is 9.79 Å². The summed E-state index contributed by atoms with van der Waals surface area (Å²) in [4.78, 5) is 19.2. The Kier molecular flexibility index (Phi) is 8.55. The Morgan fingerprint density at radius 3 is 2.50 bits per heavy atom. The molecule has 4 rings (SSSR count). The Balaban J connectivity index is 0.00000289. The molecule has 7 heteroatoms. The van der Waals surface area contributed by atoms with Crippen LogP contribution in [0.15, 0.2) is 64.0 Å². The van der Waals surface area contributed by atoms with E-state index >= 15 is 0 Å². The summed E-state index contributed by atoms with van der Waals surface area (Å²) in [6, 6.07) is 18.3. The second-order valence-corrected chi connectivity index (χ2v) is 7.94. The van der Waals surface area contributed by atoms with Gasteiger partial charge in [0.05, 0.1) is 6.04 Å². The van der Waals surface area contributed by atoms with Gasteiger partial charge in [0.1, 0.15) is 11.3 Å². The van der Waals surface area contributed by atoms with Crippen LogP contribution in [0, 0.1) is 0 Å². The summed E-state index contributed by atoms with van der Waals surface area (Å²) in [6.45, 7) is 6.89. The van der Waals surface area contributed by atoms with E-state index < -0.39 is 0 Å². The Bertz CT molecular complexity index is 1020. The van der Waals surface area contributed by atoms with E-state index in [1.807, 2.05) is 48.2 Å². The Hall–Kier alpha value is -2.55. The Labute approximate surface area is 206 Å². The first kappa shape index (κ1) is 24.1. The topological polar surface area (TPSA) is 69.9 Å². The Morgan fingerprint density at radius 2 is 1.81 bits per heavy atom. The number of carbonyl (C=O) groups excluding carboxylic acids is 1. The molecule has 0 aliphatic carbocycles. The van der Waals surface area contributed by atoms with Crippen molar-refractivity contribution in [3.63, 3.8) is 0 Å². The van der Waals surface area contributed by atoms with Gasteiger partial charge in [-0.25, -0.2) is 0 Å². The van der Waals surface area contributed by atoms with Crippen LogP contribution in [0.4, 0.5) is 0 Å². The zero-order chi connectivity index (χ0) is 21.6. The highest BCUT2D eigenvalue weighted by Crippen LogP contribution is 2.24. The normalized spacial score (nSPS) is 14.1. The van der Waals surface area contributed by atoms with Crippen LogP contribution in [-0.4, -0.2) is 29.9 Å². The molecule has 1 aliphatic heterocycles. The van der Waals surface area contributed by atoms with E-state index in [0.717, 1.165) is 48.7 Å². The maximum absolute atomic E-state index is 12.6. The average molecular weight is 546 g/mol. The number of furan rings is 1. The van der Waals surface area contributed by atoms with Crippen molar-refractivity contribution in [3.05, 3.63) is 71.5 Å². The summed E-state index contributed by atoms with van der Waals surface area (Å²) in [5.74, 6) is 1.80. The average Bonchev–Trinajstić information content (AvgIpc) is 3.41. The fourth-order valence-electron chi connectivity index (χ4n) is 3.90. The number of amides is 1. The smallest absolute Gasteiger partial charge is 0.223 e. The van der Waals surface area contributed by atoms with E-state index in [9.17, 15) is 4.79 Å². The molecule has 1 amide bonds. The summed E-state index contributed by atoms with van der Waals surface area (Å²) in [5.41, 5.74) is 3.40. The van der Waals surface area contributed by atoms with E-state index in [1.54, 1.807) is 0 Å². The molecule has 3 aromatic rings.